The summed E-state index contributed by atoms with van der Waals surface area (Å²) in [5.74, 6) is 4.18. The molecular formula is C47H42N6. The van der Waals surface area contributed by atoms with E-state index < -0.39 is 0 Å². The van der Waals surface area contributed by atoms with Gasteiger partial charge < -0.3 is 0 Å². The third-order valence-electron chi connectivity index (χ3n) is 10.5. The molecule has 260 valence electrons. The number of hydrogen-bond donors (Lipinski definition) is 0. The van der Waals surface area contributed by atoms with Crippen LogP contribution in [-0.2, 0) is 5.41 Å². The Balaban J connectivity index is 1.13. The zero-order chi connectivity index (χ0) is 36.0. The van der Waals surface area contributed by atoms with Gasteiger partial charge in [0.1, 0.15) is 0 Å². The summed E-state index contributed by atoms with van der Waals surface area (Å²) >= 11 is 0. The molecule has 0 saturated heterocycles. The lowest BCUT2D eigenvalue weighted by Crippen LogP contribution is -2.26. The molecule has 0 radical (unpaired) electrons. The molecular weight excluding hydrogens is 649 g/mol. The minimum absolute atomic E-state index is 0.174. The van der Waals surface area contributed by atoms with Crippen LogP contribution in [0.15, 0.2) is 146 Å². The van der Waals surface area contributed by atoms with Crippen molar-refractivity contribution < 1.29 is 0 Å². The second-order valence-electron chi connectivity index (χ2n) is 13.6. The van der Waals surface area contributed by atoms with Crippen molar-refractivity contribution in [1.29, 1.82) is 0 Å². The number of hydrogen-bond acceptors (Lipinski definition) is 6. The zero-order valence-electron chi connectivity index (χ0n) is 30.3. The van der Waals surface area contributed by atoms with Crippen LogP contribution in [0.5, 0.6) is 0 Å². The molecule has 2 heterocycles. The van der Waals surface area contributed by atoms with Crippen LogP contribution in [0.2, 0.25) is 0 Å². The summed E-state index contributed by atoms with van der Waals surface area (Å²) in [7, 11) is 0. The monoisotopic (exact) mass is 690 g/mol. The van der Waals surface area contributed by atoms with Gasteiger partial charge in [0.15, 0.2) is 34.9 Å². The van der Waals surface area contributed by atoms with Crippen LogP contribution < -0.4 is 0 Å². The summed E-state index contributed by atoms with van der Waals surface area (Å²) in [6, 6.07) is 48.1. The number of aromatic nitrogens is 6. The first kappa shape index (κ1) is 34.0. The minimum Gasteiger partial charge on any atom is -0.209 e. The number of rotatable bonds is 10. The second kappa shape index (κ2) is 15.2. The molecule has 0 spiro atoms. The van der Waals surface area contributed by atoms with Crippen LogP contribution >= 0.6 is 0 Å². The topological polar surface area (TPSA) is 77.3 Å². The fourth-order valence-corrected chi connectivity index (χ4v) is 7.45. The Morgan fingerprint density at radius 1 is 0.396 bits per heavy atom. The molecule has 0 N–H and O–H groups in total. The maximum atomic E-state index is 5.03. The highest BCUT2D eigenvalue weighted by Gasteiger charge is 2.31. The highest BCUT2D eigenvalue weighted by atomic mass is 15.0. The van der Waals surface area contributed by atoms with Gasteiger partial charge >= 0.3 is 0 Å². The maximum absolute atomic E-state index is 5.03. The largest absolute Gasteiger partial charge is 0.209 e. The molecule has 8 rings (SSSR count). The van der Waals surface area contributed by atoms with E-state index >= 15 is 0 Å². The average molecular weight is 691 g/mol. The van der Waals surface area contributed by atoms with E-state index in [1.54, 1.807) is 0 Å². The summed E-state index contributed by atoms with van der Waals surface area (Å²) in [5, 5.41) is 0. The summed E-state index contributed by atoms with van der Waals surface area (Å²) < 4.78 is 0. The van der Waals surface area contributed by atoms with E-state index in [9.17, 15) is 0 Å². The lowest BCUT2D eigenvalue weighted by atomic mass is 9.70. The molecule has 0 saturated carbocycles. The fourth-order valence-electron chi connectivity index (χ4n) is 7.45. The molecule has 0 fully saturated rings. The van der Waals surface area contributed by atoms with E-state index in [-0.39, 0.29) is 5.41 Å². The van der Waals surface area contributed by atoms with Gasteiger partial charge in [-0.05, 0) is 55.2 Å². The quantitative estimate of drug-likeness (QED) is 0.142. The van der Waals surface area contributed by atoms with Gasteiger partial charge in [-0.2, -0.15) is 0 Å². The van der Waals surface area contributed by atoms with Crippen molar-refractivity contribution in [3.63, 3.8) is 0 Å². The highest BCUT2D eigenvalue weighted by molar-refractivity contribution is 5.69. The van der Waals surface area contributed by atoms with Gasteiger partial charge in [0.05, 0.1) is 0 Å². The summed E-state index contributed by atoms with van der Waals surface area (Å²) in [6.45, 7) is 4.55. The Bertz CT molecular complexity index is 2270. The Labute approximate surface area is 311 Å². The third kappa shape index (κ3) is 7.05. The molecule has 1 aliphatic carbocycles. The molecule has 0 unspecified atom stereocenters. The third-order valence-corrected chi connectivity index (χ3v) is 10.5. The molecule has 7 aromatic rings. The van der Waals surface area contributed by atoms with Crippen molar-refractivity contribution in [2.75, 3.05) is 0 Å². The van der Waals surface area contributed by atoms with E-state index in [1.807, 2.05) is 78.9 Å². The molecule has 5 aromatic carbocycles. The minimum atomic E-state index is -0.174. The lowest BCUT2D eigenvalue weighted by Gasteiger charge is -2.33. The smallest absolute Gasteiger partial charge is 0.164 e. The van der Waals surface area contributed by atoms with Crippen LogP contribution in [0.1, 0.15) is 69.3 Å². The number of nitrogens with zero attached hydrogens (tertiary/aromatic N) is 6. The second-order valence-corrected chi connectivity index (χ2v) is 13.6. The SMILES string of the molecule is CCC(CC)(c1ccc(-c2nc(C3=CCCCC3)nc(-c3ccccc3)n2)cc1)c1ccc(-c2nc(-c3ccccc3)nc(-c3ccccc3)n2)cc1. The Kier molecular flexibility index (Phi) is 9.76. The zero-order valence-corrected chi connectivity index (χ0v) is 30.3. The predicted molar refractivity (Wildman–Crippen MR) is 215 cm³/mol. The van der Waals surface area contributed by atoms with Gasteiger partial charge in [-0.25, -0.2) is 29.9 Å². The van der Waals surface area contributed by atoms with Crippen molar-refractivity contribution in [1.82, 2.24) is 29.9 Å². The molecule has 2 aromatic heterocycles. The highest BCUT2D eigenvalue weighted by Crippen LogP contribution is 2.40. The van der Waals surface area contributed by atoms with Crippen molar-refractivity contribution in [2.24, 2.45) is 0 Å². The Morgan fingerprint density at radius 3 is 1.06 bits per heavy atom. The van der Waals surface area contributed by atoms with Gasteiger partial charge in [-0.1, -0.05) is 159 Å². The van der Waals surface area contributed by atoms with Crippen LogP contribution in [-0.4, -0.2) is 29.9 Å². The van der Waals surface area contributed by atoms with Gasteiger partial charge in [0.25, 0.3) is 0 Å². The van der Waals surface area contributed by atoms with Crippen molar-refractivity contribution >= 4 is 5.57 Å². The van der Waals surface area contributed by atoms with Crippen LogP contribution in [0.25, 0.3) is 62.5 Å². The normalized spacial score (nSPS) is 13.1. The average Bonchev–Trinajstić information content (AvgIpc) is 3.26. The van der Waals surface area contributed by atoms with E-state index in [1.165, 1.54) is 29.5 Å². The van der Waals surface area contributed by atoms with E-state index in [2.05, 4.69) is 80.6 Å². The first-order chi connectivity index (χ1) is 26.1. The number of benzene rings is 5. The summed E-state index contributed by atoms with van der Waals surface area (Å²) in [5.41, 5.74) is 8.43. The fraction of sp³-hybridized carbons (Fsp3) is 0.191. The molecule has 0 bridgehead atoms. The molecule has 1 aliphatic rings. The van der Waals surface area contributed by atoms with Crippen LogP contribution in [0.4, 0.5) is 0 Å². The first-order valence-electron chi connectivity index (χ1n) is 18.7. The van der Waals surface area contributed by atoms with E-state index in [4.69, 9.17) is 29.9 Å². The molecule has 0 amide bonds. The van der Waals surface area contributed by atoms with Crippen molar-refractivity contribution in [3.05, 3.63) is 163 Å². The van der Waals surface area contributed by atoms with Gasteiger partial charge in [0.2, 0.25) is 0 Å². The summed E-state index contributed by atoms with van der Waals surface area (Å²) in [6.07, 6.45) is 8.66. The molecule has 6 nitrogen and oxygen atoms in total. The standard InChI is InChI=1S/C47H42N6/c1-3-47(4-2,39-29-25-37(26-30-39)45-50-41(33-17-9-5-10-18-33)48-42(51-45)34-19-11-6-12-20-34)40-31-27-38(28-32-40)46-52-43(35-21-13-7-14-22-35)49-44(53-46)36-23-15-8-16-24-36/h5-7,9-14,17-23,25-32H,3-4,8,15-16,24H2,1-2H3. The van der Waals surface area contributed by atoms with Crippen molar-refractivity contribution in [3.8, 4) is 56.9 Å². The van der Waals surface area contributed by atoms with Crippen LogP contribution in [0, 0.1) is 0 Å². The van der Waals surface area contributed by atoms with Gasteiger partial charge in [-0.15, -0.1) is 0 Å². The lowest BCUT2D eigenvalue weighted by molar-refractivity contribution is 0.478. The van der Waals surface area contributed by atoms with Crippen molar-refractivity contribution in [2.45, 2.75) is 57.8 Å². The Hall–Kier alpha value is -6.14. The molecule has 53 heavy (non-hydrogen) atoms. The van der Waals surface area contributed by atoms with E-state index in [0.717, 1.165) is 59.3 Å². The van der Waals surface area contributed by atoms with Crippen LogP contribution in [0.3, 0.4) is 0 Å². The van der Waals surface area contributed by atoms with Gasteiger partial charge in [0, 0.05) is 33.2 Å². The summed E-state index contributed by atoms with van der Waals surface area (Å²) in [4.78, 5) is 29.7. The molecule has 6 heteroatoms. The van der Waals surface area contributed by atoms with E-state index in [0.29, 0.717) is 29.1 Å². The number of allylic oxidation sites excluding steroid dienone is 2. The Morgan fingerprint density at radius 2 is 0.736 bits per heavy atom. The first-order valence-corrected chi connectivity index (χ1v) is 18.7. The molecule has 0 atom stereocenters. The maximum Gasteiger partial charge on any atom is 0.164 e. The molecule has 0 aliphatic heterocycles. The van der Waals surface area contributed by atoms with Gasteiger partial charge in [-0.3, -0.25) is 0 Å². The predicted octanol–water partition coefficient (Wildman–Crippen LogP) is 11.5.